The lowest BCUT2D eigenvalue weighted by atomic mass is 10.3. The second-order valence-electron chi connectivity index (χ2n) is 3.30. The highest BCUT2D eigenvalue weighted by molar-refractivity contribution is 7.09. The molecule has 0 spiro atoms. The van der Waals surface area contributed by atoms with E-state index in [2.05, 4.69) is 37.8 Å². The summed E-state index contributed by atoms with van der Waals surface area (Å²) >= 11 is 1.79. The Morgan fingerprint density at radius 1 is 1.47 bits per heavy atom. The molecule has 0 saturated carbocycles. The maximum Gasteiger partial charge on any atom is 0.121 e. The predicted octanol–water partition coefficient (Wildman–Crippen LogP) is 1.77. The zero-order valence-electron chi connectivity index (χ0n) is 8.56. The van der Waals surface area contributed by atoms with Crippen molar-refractivity contribution in [1.82, 2.24) is 15.6 Å². The SMILES string of the molecule is Cc1nonc1CNCCc1cccs1. The minimum absolute atomic E-state index is 0.723. The summed E-state index contributed by atoms with van der Waals surface area (Å²) in [7, 11) is 0. The molecule has 5 heteroatoms. The molecule has 0 aliphatic heterocycles. The molecule has 2 rings (SSSR count). The lowest BCUT2D eigenvalue weighted by Crippen LogP contribution is -2.17. The van der Waals surface area contributed by atoms with Crippen LogP contribution in [-0.4, -0.2) is 16.9 Å². The van der Waals surface area contributed by atoms with Crippen molar-refractivity contribution in [3.63, 3.8) is 0 Å². The first kappa shape index (κ1) is 10.3. The van der Waals surface area contributed by atoms with Gasteiger partial charge in [-0.15, -0.1) is 11.3 Å². The van der Waals surface area contributed by atoms with Gasteiger partial charge in [-0.25, -0.2) is 4.63 Å². The van der Waals surface area contributed by atoms with Crippen LogP contribution in [0, 0.1) is 6.92 Å². The van der Waals surface area contributed by atoms with Crippen molar-refractivity contribution in [3.05, 3.63) is 33.8 Å². The number of nitrogens with zero attached hydrogens (tertiary/aromatic N) is 2. The molecule has 0 aliphatic rings. The molecule has 0 saturated heterocycles. The van der Waals surface area contributed by atoms with Crippen molar-refractivity contribution < 1.29 is 4.63 Å². The summed E-state index contributed by atoms with van der Waals surface area (Å²) in [5.74, 6) is 0. The van der Waals surface area contributed by atoms with E-state index in [0.717, 1.165) is 30.9 Å². The number of hydrogen-bond donors (Lipinski definition) is 1. The minimum Gasteiger partial charge on any atom is -0.311 e. The Morgan fingerprint density at radius 3 is 3.07 bits per heavy atom. The molecule has 0 aromatic carbocycles. The molecule has 2 aromatic rings. The molecule has 15 heavy (non-hydrogen) atoms. The van der Waals surface area contributed by atoms with Gasteiger partial charge in [0.25, 0.3) is 0 Å². The van der Waals surface area contributed by atoms with Gasteiger partial charge in [0.15, 0.2) is 0 Å². The normalized spacial score (nSPS) is 10.7. The van der Waals surface area contributed by atoms with E-state index in [1.807, 2.05) is 6.92 Å². The molecule has 0 amide bonds. The highest BCUT2D eigenvalue weighted by Gasteiger charge is 2.03. The largest absolute Gasteiger partial charge is 0.311 e. The summed E-state index contributed by atoms with van der Waals surface area (Å²) in [6.45, 7) is 3.57. The monoisotopic (exact) mass is 223 g/mol. The van der Waals surface area contributed by atoms with Gasteiger partial charge in [-0.3, -0.25) is 0 Å². The van der Waals surface area contributed by atoms with Crippen LogP contribution in [0.25, 0.3) is 0 Å². The van der Waals surface area contributed by atoms with Gasteiger partial charge in [-0.1, -0.05) is 16.4 Å². The van der Waals surface area contributed by atoms with Crippen LogP contribution in [0.5, 0.6) is 0 Å². The highest BCUT2D eigenvalue weighted by Crippen LogP contribution is 2.08. The Balaban J connectivity index is 1.70. The first-order valence-corrected chi connectivity index (χ1v) is 5.75. The Labute approximate surface area is 92.3 Å². The topological polar surface area (TPSA) is 51.0 Å². The lowest BCUT2D eigenvalue weighted by molar-refractivity contribution is 0.300. The second-order valence-corrected chi connectivity index (χ2v) is 4.33. The van der Waals surface area contributed by atoms with Gasteiger partial charge in [0.2, 0.25) is 0 Å². The predicted molar refractivity (Wildman–Crippen MR) is 58.8 cm³/mol. The highest BCUT2D eigenvalue weighted by atomic mass is 32.1. The van der Waals surface area contributed by atoms with Gasteiger partial charge >= 0.3 is 0 Å². The molecular formula is C10H13N3OS. The molecular weight excluding hydrogens is 210 g/mol. The van der Waals surface area contributed by atoms with Crippen LogP contribution in [0.2, 0.25) is 0 Å². The van der Waals surface area contributed by atoms with Gasteiger partial charge in [0, 0.05) is 18.0 Å². The van der Waals surface area contributed by atoms with E-state index >= 15 is 0 Å². The molecule has 0 atom stereocenters. The molecule has 80 valence electrons. The Kier molecular flexibility index (Phi) is 3.47. The third-order valence-electron chi connectivity index (χ3n) is 2.17. The lowest BCUT2D eigenvalue weighted by Gasteiger charge is -2.00. The minimum atomic E-state index is 0.723. The molecule has 1 N–H and O–H groups in total. The van der Waals surface area contributed by atoms with E-state index in [1.54, 1.807) is 11.3 Å². The number of aromatic nitrogens is 2. The third kappa shape index (κ3) is 2.87. The zero-order valence-corrected chi connectivity index (χ0v) is 9.38. The van der Waals surface area contributed by atoms with Crippen LogP contribution in [0.1, 0.15) is 16.3 Å². The van der Waals surface area contributed by atoms with Crippen LogP contribution < -0.4 is 5.32 Å². The van der Waals surface area contributed by atoms with Crippen LogP contribution in [-0.2, 0) is 13.0 Å². The van der Waals surface area contributed by atoms with Crippen molar-refractivity contribution >= 4 is 11.3 Å². The summed E-state index contributed by atoms with van der Waals surface area (Å²) < 4.78 is 4.61. The number of aryl methyl sites for hydroxylation is 1. The Bertz CT molecular complexity index is 396. The molecule has 4 nitrogen and oxygen atoms in total. The van der Waals surface area contributed by atoms with E-state index in [9.17, 15) is 0 Å². The fraction of sp³-hybridized carbons (Fsp3) is 0.400. The van der Waals surface area contributed by atoms with Crippen molar-refractivity contribution in [3.8, 4) is 0 Å². The van der Waals surface area contributed by atoms with Gasteiger partial charge in [-0.2, -0.15) is 0 Å². The quantitative estimate of drug-likeness (QED) is 0.785. The molecule has 0 unspecified atom stereocenters. The summed E-state index contributed by atoms with van der Waals surface area (Å²) in [6, 6.07) is 4.22. The first-order chi connectivity index (χ1) is 7.36. The van der Waals surface area contributed by atoms with Crippen molar-refractivity contribution in [2.24, 2.45) is 0 Å². The Morgan fingerprint density at radius 2 is 2.40 bits per heavy atom. The van der Waals surface area contributed by atoms with E-state index in [4.69, 9.17) is 0 Å². The average molecular weight is 223 g/mol. The van der Waals surface area contributed by atoms with E-state index in [1.165, 1.54) is 4.88 Å². The molecule has 2 aromatic heterocycles. The smallest absolute Gasteiger partial charge is 0.121 e. The van der Waals surface area contributed by atoms with E-state index in [0.29, 0.717) is 0 Å². The summed E-state index contributed by atoms with van der Waals surface area (Å²) in [6.07, 6.45) is 1.06. The summed E-state index contributed by atoms with van der Waals surface area (Å²) in [5, 5.41) is 12.9. The van der Waals surface area contributed by atoms with Gasteiger partial charge < -0.3 is 5.32 Å². The average Bonchev–Trinajstić information content (AvgIpc) is 2.85. The number of nitrogens with one attached hydrogen (secondary N) is 1. The van der Waals surface area contributed by atoms with E-state index < -0.39 is 0 Å². The van der Waals surface area contributed by atoms with Crippen LogP contribution in [0.3, 0.4) is 0 Å². The maximum absolute atomic E-state index is 4.61. The number of rotatable bonds is 5. The molecule has 0 fully saturated rings. The maximum atomic E-state index is 4.61. The fourth-order valence-corrected chi connectivity index (χ4v) is 1.99. The van der Waals surface area contributed by atoms with Crippen molar-refractivity contribution in [2.75, 3.05) is 6.54 Å². The van der Waals surface area contributed by atoms with Gasteiger partial charge in [0.05, 0.1) is 0 Å². The molecule has 0 radical (unpaired) electrons. The first-order valence-electron chi connectivity index (χ1n) is 4.87. The Hall–Kier alpha value is -1.20. The van der Waals surface area contributed by atoms with Crippen molar-refractivity contribution in [1.29, 1.82) is 0 Å². The van der Waals surface area contributed by atoms with Crippen LogP contribution in [0.4, 0.5) is 0 Å². The van der Waals surface area contributed by atoms with E-state index in [-0.39, 0.29) is 0 Å². The second kappa shape index (κ2) is 5.04. The fourth-order valence-electron chi connectivity index (χ4n) is 1.28. The van der Waals surface area contributed by atoms with Crippen molar-refractivity contribution in [2.45, 2.75) is 19.9 Å². The molecule has 2 heterocycles. The van der Waals surface area contributed by atoms with Gasteiger partial charge in [0.1, 0.15) is 11.4 Å². The molecule has 0 bridgehead atoms. The van der Waals surface area contributed by atoms with Gasteiger partial charge in [-0.05, 0) is 24.8 Å². The standard InChI is InChI=1S/C10H13N3OS/c1-8-10(13-14-12-8)7-11-5-4-9-3-2-6-15-9/h2-3,6,11H,4-5,7H2,1H3. The summed E-state index contributed by atoms with van der Waals surface area (Å²) in [4.78, 5) is 1.40. The zero-order chi connectivity index (χ0) is 10.5. The number of thiophene rings is 1. The summed E-state index contributed by atoms with van der Waals surface area (Å²) in [5.41, 5.74) is 1.75. The third-order valence-corrected chi connectivity index (χ3v) is 3.10. The van der Waals surface area contributed by atoms with Crippen LogP contribution >= 0.6 is 11.3 Å². The van der Waals surface area contributed by atoms with Crippen LogP contribution in [0.15, 0.2) is 22.1 Å². The number of hydrogen-bond acceptors (Lipinski definition) is 5. The molecule has 0 aliphatic carbocycles.